The van der Waals surface area contributed by atoms with Gasteiger partial charge in [0.15, 0.2) is 0 Å². The van der Waals surface area contributed by atoms with Crippen LogP contribution >= 0.6 is 0 Å². The van der Waals surface area contributed by atoms with Gasteiger partial charge >= 0.3 is 0 Å². The SMILES string of the molecule is CN(C)CCCNc1cc(C(=O)N2CCN(C)CC2)ncn1. The van der Waals surface area contributed by atoms with E-state index in [1.807, 2.05) is 4.90 Å². The fraction of sp³-hybridized carbons (Fsp3) is 0.667. The molecule has 7 nitrogen and oxygen atoms in total. The molecule has 22 heavy (non-hydrogen) atoms. The van der Waals surface area contributed by atoms with E-state index in [4.69, 9.17) is 0 Å². The molecule has 0 aromatic carbocycles. The second kappa shape index (κ2) is 8.05. The third-order valence-electron chi connectivity index (χ3n) is 3.76. The third kappa shape index (κ3) is 4.92. The second-order valence-corrected chi connectivity index (χ2v) is 5.97. The maximum absolute atomic E-state index is 12.5. The molecule has 2 heterocycles. The minimum atomic E-state index is -0.00755. The van der Waals surface area contributed by atoms with Crippen LogP contribution in [0.1, 0.15) is 16.9 Å². The van der Waals surface area contributed by atoms with Crippen molar-refractivity contribution in [3.63, 3.8) is 0 Å². The topological polar surface area (TPSA) is 64.6 Å². The normalized spacial score (nSPS) is 16.1. The number of anilines is 1. The molecule has 1 aliphatic heterocycles. The van der Waals surface area contributed by atoms with E-state index < -0.39 is 0 Å². The summed E-state index contributed by atoms with van der Waals surface area (Å²) in [5, 5.41) is 3.25. The van der Waals surface area contributed by atoms with Crippen LogP contribution in [-0.2, 0) is 0 Å². The zero-order chi connectivity index (χ0) is 15.9. The summed E-state index contributed by atoms with van der Waals surface area (Å²) in [5.74, 6) is 0.707. The van der Waals surface area contributed by atoms with Crippen LogP contribution in [-0.4, -0.2) is 91.0 Å². The predicted octanol–water partition coefficient (Wildman–Crippen LogP) is 0.228. The Balaban J connectivity index is 1.88. The lowest BCUT2D eigenvalue weighted by molar-refractivity contribution is 0.0658. The first-order valence-corrected chi connectivity index (χ1v) is 7.75. The van der Waals surface area contributed by atoms with Crippen LogP contribution in [0.3, 0.4) is 0 Å². The lowest BCUT2D eigenvalue weighted by atomic mass is 10.2. The van der Waals surface area contributed by atoms with Crippen molar-refractivity contribution in [1.82, 2.24) is 24.7 Å². The van der Waals surface area contributed by atoms with Crippen molar-refractivity contribution in [3.05, 3.63) is 18.1 Å². The van der Waals surface area contributed by atoms with E-state index in [1.54, 1.807) is 6.07 Å². The van der Waals surface area contributed by atoms with Gasteiger partial charge in [0, 0.05) is 38.8 Å². The van der Waals surface area contributed by atoms with Gasteiger partial charge in [-0.05, 0) is 34.1 Å². The number of hydrogen-bond donors (Lipinski definition) is 1. The summed E-state index contributed by atoms with van der Waals surface area (Å²) in [7, 11) is 6.18. The highest BCUT2D eigenvalue weighted by atomic mass is 16.2. The van der Waals surface area contributed by atoms with Gasteiger partial charge in [0.1, 0.15) is 17.8 Å². The van der Waals surface area contributed by atoms with E-state index in [1.165, 1.54) is 6.33 Å². The van der Waals surface area contributed by atoms with Crippen LogP contribution in [0.4, 0.5) is 5.82 Å². The van der Waals surface area contributed by atoms with E-state index >= 15 is 0 Å². The van der Waals surface area contributed by atoms with Gasteiger partial charge in [-0.2, -0.15) is 0 Å². The van der Waals surface area contributed by atoms with Crippen LogP contribution in [0, 0.1) is 0 Å². The summed E-state index contributed by atoms with van der Waals surface area (Å²) in [4.78, 5) is 27.0. The first kappa shape index (κ1) is 16.6. The fourth-order valence-electron chi connectivity index (χ4n) is 2.35. The van der Waals surface area contributed by atoms with Gasteiger partial charge in [-0.25, -0.2) is 9.97 Å². The second-order valence-electron chi connectivity index (χ2n) is 5.97. The molecule has 0 radical (unpaired) electrons. The number of piperazine rings is 1. The zero-order valence-corrected chi connectivity index (χ0v) is 13.7. The Hall–Kier alpha value is -1.73. The minimum Gasteiger partial charge on any atom is -0.370 e. The smallest absolute Gasteiger partial charge is 0.272 e. The van der Waals surface area contributed by atoms with E-state index in [-0.39, 0.29) is 5.91 Å². The van der Waals surface area contributed by atoms with Gasteiger partial charge < -0.3 is 20.0 Å². The van der Waals surface area contributed by atoms with Gasteiger partial charge in [0.05, 0.1) is 0 Å². The molecule has 1 aliphatic rings. The molecule has 0 aliphatic carbocycles. The van der Waals surface area contributed by atoms with E-state index in [2.05, 4.69) is 46.2 Å². The molecule has 1 N–H and O–H groups in total. The number of carbonyl (C=O) groups is 1. The molecule has 0 unspecified atom stereocenters. The van der Waals surface area contributed by atoms with Crippen LogP contribution in [0.2, 0.25) is 0 Å². The van der Waals surface area contributed by atoms with Gasteiger partial charge in [-0.1, -0.05) is 0 Å². The molecule has 0 bridgehead atoms. The summed E-state index contributed by atoms with van der Waals surface area (Å²) in [5.41, 5.74) is 0.467. The standard InChI is InChI=1S/C15H26N6O/c1-19(2)6-4-5-16-14-11-13(17-12-18-14)15(22)21-9-7-20(3)8-10-21/h11-12H,4-10H2,1-3H3,(H,16,17,18). The van der Waals surface area contributed by atoms with Crippen molar-refractivity contribution >= 4 is 11.7 Å². The molecule has 0 atom stereocenters. The summed E-state index contributed by atoms with van der Waals surface area (Å²) in [6.07, 6.45) is 2.48. The van der Waals surface area contributed by atoms with Gasteiger partial charge in [-0.3, -0.25) is 4.79 Å². The van der Waals surface area contributed by atoms with Crippen molar-refractivity contribution in [1.29, 1.82) is 0 Å². The summed E-state index contributed by atoms with van der Waals surface area (Å²) in [6, 6.07) is 1.75. The molecule has 7 heteroatoms. The van der Waals surface area contributed by atoms with Gasteiger partial charge in [0.25, 0.3) is 5.91 Å². The fourth-order valence-corrected chi connectivity index (χ4v) is 2.35. The molecule has 2 rings (SSSR count). The lowest BCUT2D eigenvalue weighted by Crippen LogP contribution is -2.47. The average Bonchev–Trinajstić information content (AvgIpc) is 2.52. The molecular formula is C15H26N6O. The van der Waals surface area contributed by atoms with Crippen molar-refractivity contribution in [2.45, 2.75) is 6.42 Å². The molecule has 1 saturated heterocycles. The van der Waals surface area contributed by atoms with Crippen molar-refractivity contribution < 1.29 is 4.79 Å². The third-order valence-corrected chi connectivity index (χ3v) is 3.76. The number of carbonyl (C=O) groups excluding carboxylic acids is 1. The lowest BCUT2D eigenvalue weighted by Gasteiger charge is -2.32. The first-order valence-electron chi connectivity index (χ1n) is 7.75. The summed E-state index contributed by atoms with van der Waals surface area (Å²) < 4.78 is 0. The number of hydrogen-bond acceptors (Lipinski definition) is 6. The van der Waals surface area contributed by atoms with Gasteiger partial charge in [-0.15, -0.1) is 0 Å². The van der Waals surface area contributed by atoms with Crippen molar-refractivity contribution in [2.75, 3.05) is 65.7 Å². The average molecular weight is 306 g/mol. The summed E-state index contributed by atoms with van der Waals surface area (Å²) >= 11 is 0. The zero-order valence-electron chi connectivity index (χ0n) is 13.7. The van der Waals surface area contributed by atoms with Crippen LogP contribution in [0.25, 0.3) is 0 Å². The number of nitrogens with one attached hydrogen (secondary N) is 1. The molecule has 1 aromatic rings. The molecular weight excluding hydrogens is 280 g/mol. The maximum Gasteiger partial charge on any atom is 0.272 e. The van der Waals surface area contributed by atoms with Crippen molar-refractivity contribution in [2.24, 2.45) is 0 Å². The monoisotopic (exact) mass is 306 g/mol. The number of amides is 1. The molecule has 122 valence electrons. The summed E-state index contributed by atoms with van der Waals surface area (Å²) in [6.45, 7) is 5.18. The Bertz CT molecular complexity index is 485. The highest BCUT2D eigenvalue weighted by Crippen LogP contribution is 2.09. The van der Waals surface area contributed by atoms with E-state index in [9.17, 15) is 4.79 Å². The molecule has 1 fully saturated rings. The molecule has 1 amide bonds. The largest absolute Gasteiger partial charge is 0.370 e. The highest BCUT2D eigenvalue weighted by Gasteiger charge is 2.21. The van der Waals surface area contributed by atoms with Crippen LogP contribution < -0.4 is 5.32 Å². The molecule has 0 saturated carbocycles. The minimum absolute atomic E-state index is 0.00755. The van der Waals surface area contributed by atoms with Crippen molar-refractivity contribution in [3.8, 4) is 0 Å². The predicted molar refractivity (Wildman–Crippen MR) is 87.1 cm³/mol. The van der Waals surface area contributed by atoms with Crippen LogP contribution in [0.15, 0.2) is 12.4 Å². The number of likely N-dealkylation sites (N-methyl/N-ethyl adjacent to an activating group) is 1. The number of rotatable bonds is 6. The van der Waals surface area contributed by atoms with Crippen LogP contribution in [0.5, 0.6) is 0 Å². The van der Waals surface area contributed by atoms with Gasteiger partial charge in [0.2, 0.25) is 0 Å². The Kier molecular flexibility index (Phi) is 6.09. The first-order chi connectivity index (χ1) is 10.6. The molecule has 0 spiro atoms. The van der Waals surface area contributed by atoms with E-state index in [0.29, 0.717) is 11.5 Å². The molecule has 1 aromatic heterocycles. The Morgan fingerprint density at radius 2 is 2.00 bits per heavy atom. The quantitative estimate of drug-likeness (QED) is 0.759. The Morgan fingerprint density at radius 1 is 1.27 bits per heavy atom. The number of nitrogens with zero attached hydrogens (tertiary/aromatic N) is 5. The highest BCUT2D eigenvalue weighted by molar-refractivity contribution is 5.93. The Labute approximate surface area is 132 Å². The maximum atomic E-state index is 12.5. The Morgan fingerprint density at radius 3 is 2.68 bits per heavy atom. The van der Waals surface area contributed by atoms with E-state index in [0.717, 1.165) is 45.7 Å². The number of aromatic nitrogens is 2.